The molecule has 0 heterocycles. The van der Waals surface area contributed by atoms with Crippen LogP contribution >= 0.6 is 0 Å². The van der Waals surface area contributed by atoms with Crippen molar-refractivity contribution in [3.05, 3.63) is 12.2 Å². The SMILES string of the molecule is CCCOC(/N=C(/CC)C(C)C)=N/CNC/C=C/C(CC)=N\OC. The number of rotatable bonds is 11. The Balaban J connectivity index is 4.56. The molecule has 138 valence electrons. The van der Waals surface area contributed by atoms with Crippen molar-refractivity contribution >= 4 is 17.4 Å². The standard InChI is InChI=1S/C18H34N4O2/c1-7-13-24-18(21-17(9-3)15(4)5)20-14-19-12-10-11-16(8-2)22-23-6/h10-11,15,19H,7-9,12-14H2,1-6H3/b11-10+,20-18+,21-17-,22-16-. The maximum absolute atomic E-state index is 5.64. The van der Waals surface area contributed by atoms with Crippen LogP contribution in [0.2, 0.25) is 0 Å². The van der Waals surface area contributed by atoms with Gasteiger partial charge in [-0.05, 0) is 31.3 Å². The molecule has 0 saturated heterocycles. The predicted octanol–water partition coefficient (Wildman–Crippen LogP) is 3.79. The van der Waals surface area contributed by atoms with Crippen molar-refractivity contribution in [3.63, 3.8) is 0 Å². The zero-order valence-electron chi connectivity index (χ0n) is 16.1. The van der Waals surface area contributed by atoms with Gasteiger partial charge in [-0.1, -0.05) is 45.9 Å². The van der Waals surface area contributed by atoms with Crippen LogP contribution in [0.4, 0.5) is 0 Å². The van der Waals surface area contributed by atoms with E-state index in [-0.39, 0.29) is 0 Å². The van der Waals surface area contributed by atoms with Crippen molar-refractivity contribution in [1.29, 1.82) is 0 Å². The predicted molar refractivity (Wildman–Crippen MR) is 103 cm³/mol. The summed E-state index contributed by atoms with van der Waals surface area (Å²) >= 11 is 0. The lowest BCUT2D eigenvalue weighted by Gasteiger charge is -2.10. The Morgan fingerprint density at radius 2 is 1.92 bits per heavy atom. The average molecular weight is 338 g/mol. The van der Waals surface area contributed by atoms with Gasteiger partial charge in [-0.3, -0.25) is 5.32 Å². The molecular weight excluding hydrogens is 304 g/mol. The molecule has 0 spiro atoms. The highest BCUT2D eigenvalue weighted by Crippen LogP contribution is 2.03. The van der Waals surface area contributed by atoms with E-state index in [4.69, 9.17) is 9.57 Å². The number of allylic oxidation sites excluding steroid dienone is 1. The summed E-state index contributed by atoms with van der Waals surface area (Å²) in [4.78, 5) is 13.7. The largest absolute Gasteiger partial charge is 0.464 e. The third-order valence-electron chi connectivity index (χ3n) is 3.17. The number of ether oxygens (including phenoxy) is 1. The van der Waals surface area contributed by atoms with Gasteiger partial charge in [0.25, 0.3) is 0 Å². The molecule has 0 aliphatic heterocycles. The molecule has 0 rings (SSSR count). The molecule has 0 fully saturated rings. The molecule has 0 amide bonds. The zero-order valence-corrected chi connectivity index (χ0v) is 16.1. The number of nitrogens with zero attached hydrogens (tertiary/aromatic N) is 3. The molecule has 0 aromatic rings. The van der Waals surface area contributed by atoms with Crippen molar-refractivity contribution in [2.75, 3.05) is 26.9 Å². The minimum absolute atomic E-state index is 0.397. The van der Waals surface area contributed by atoms with Crippen LogP contribution in [0.25, 0.3) is 0 Å². The van der Waals surface area contributed by atoms with Gasteiger partial charge in [-0.25, -0.2) is 9.98 Å². The van der Waals surface area contributed by atoms with Crippen molar-refractivity contribution in [2.45, 2.75) is 53.9 Å². The van der Waals surface area contributed by atoms with Gasteiger partial charge in [0.1, 0.15) is 7.11 Å². The number of nitrogens with one attached hydrogen (secondary N) is 1. The van der Waals surface area contributed by atoms with Crippen LogP contribution in [0.15, 0.2) is 27.3 Å². The van der Waals surface area contributed by atoms with E-state index in [1.807, 2.05) is 19.1 Å². The Kier molecular flexibility index (Phi) is 13.8. The van der Waals surface area contributed by atoms with E-state index in [2.05, 4.69) is 48.2 Å². The fourth-order valence-electron chi connectivity index (χ4n) is 1.84. The van der Waals surface area contributed by atoms with Gasteiger partial charge in [0.15, 0.2) is 0 Å². The first-order chi connectivity index (χ1) is 11.6. The minimum atomic E-state index is 0.397. The van der Waals surface area contributed by atoms with Gasteiger partial charge in [-0.15, -0.1) is 0 Å². The Morgan fingerprint density at radius 3 is 2.46 bits per heavy atom. The van der Waals surface area contributed by atoms with E-state index in [0.717, 1.165) is 30.7 Å². The second-order valence-electron chi connectivity index (χ2n) is 5.53. The van der Waals surface area contributed by atoms with Crippen molar-refractivity contribution in [3.8, 4) is 0 Å². The molecule has 0 bridgehead atoms. The van der Waals surface area contributed by atoms with Crippen LogP contribution < -0.4 is 5.32 Å². The Labute approximate surface area is 147 Å². The molecule has 0 atom stereocenters. The zero-order chi connectivity index (χ0) is 18.2. The van der Waals surface area contributed by atoms with Gasteiger partial charge < -0.3 is 9.57 Å². The van der Waals surface area contributed by atoms with Crippen molar-refractivity contribution in [2.24, 2.45) is 21.1 Å². The van der Waals surface area contributed by atoms with E-state index in [1.165, 1.54) is 0 Å². The highest BCUT2D eigenvalue weighted by molar-refractivity contribution is 5.96. The van der Waals surface area contributed by atoms with Crippen LogP contribution in [0.3, 0.4) is 0 Å². The summed E-state index contributed by atoms with van der Waals surface area (Å²) in [7, 11) is 1.55. The summed E-state index contributed by atoms with van der Waals surface area (Å²) < 4.78 is 5.64. The van der Waals surface area contributed by atoms with E-state index < -0.39 is 0 Å². The topological polar surface area (TPSA) is 67.6 Å². The molecule has 0 aliphatic carbocycles. The third kappa shape index (κ3) is 10.9. The fraction of sp³-hybridized carbons (Fsp3) is 0.722. The third-order valence-corrected chi connectivity index (χ3v) is 3.17. The Bertz CT molecular complexity index is 440. The molecule has 0 unspecified atom stereocenters. The molecule has 1 N–H and O–H groups in total. The van der Waals surface area contributed by atoms with E-state index >= 15 is 0 Å². The van der Waals surface area contributed by atoms with Gasteiger partial charge in [0.2, 0.25) is 0 Å². The molecule has 0 aliphatic rings. The van der Waals surface area contributed by atoms with Gasteiger partial charge in [0, 0.05) is 12.3 Å². The van der Waals surface area contributed by atoms with Crippen LogP contribution in [0.1, 0.15) is 53.9 Å². The number of aliphatic imine (C=N–C) groups is 2. The molecular formula is C18H34N4O2. The summed E-state index contributed by atoms with van der Waals surface area (Å²) in [5.41, 5.74) is 2.01. The first kappa shape index (κ1) is 22.3. The smallest absolute Gasteiger partial charge is 0.312 e. The summed E-state index contributed by atoms with van der Waals surface area (Å²) in [6.45, 7) is 12.3. The highest BCUT2D eigenvalue weighted by atomic mass is 16.6. The van der Waals surface area contributed by atoms with Crippen molar-refractivity contribution < 1.29 is 9.57 Å². The van der Waals surface area contributed by atoms with E-state index in [0.29, 0.717) is 31.8 Å². The second kappa shape index (κ2) is 14.9. The number of hydrogen-bond donors (Lipinski definition) is 1. The fourth-order valence-corrected chi connectivity index (χ4v) is 1.84. The Hall–Kier alpha value is -1.69. The summed E-state index contributed by atoms with van der Waals surface area (Å²) in [6.07, 6.45) is 6.62. The number of hydrogen-bond acceptors (Lipinski definition) is 5. The molecule has 0 aromatic carbocycles. The molecule has 0 radical (unpaired) electrons. The maximum atomic E-state index is 5.64. The number of oxime groups is 1. The molecule has 0 aromatic heterocycles. The lowest BCUT2D eigenvalue weighted by molar-refractivity contribution is 0.213. The van der Waals surface area contributed by atoms with Gasteiger partial charge in [0.05, 0.1) is 19.0 Å². The summed E-state index contributed by atoms with van der Waals surface area (Å²) in [6, 6.07) is 0.467. The number of amidine groups is 1. The highest BCUT2D eigenvalue weighted by Gasteiger charge is 2.05. The van der Waals surface area contributed by atoms with Crippen LogP contribution in [0, 0.1) is 5.92 Å². The van der Waals surface area contributed by atoms with Gasteiger partial charge >= 0.3 is 6.02 Å². The summed E-state index contributed by atoms with van der Waals surface area (Å²) in [5.74, 6) is 0.397. The first-order valence-corrected chi connectivity index (χ1v) is 8.80. The van der Waals surface area contributed by atoms with Crippen LogP contribution in [-0.4, -0.2) is 44.4 Å². The van der Waals surface area contributed by atoms with Crippen molar-refractivity contribution in [1.82, 2.24) is 5.32 Å². The van der Waals surface area contributed by atoms with Gasteiger partial charge in [-0.2, -0.15) is 0 Å². The summed E-state index contributed by atoms with van der Waals surface area (Å²) in [5, 5.41) is 7.13. The second-order valence-corrected chi connectivity index (χ2v) is 5.53. The lowest BCUT2D eigenvalue weighted by Crippen LogP contribution is -2.17. The normalized spacial score (nSPS) is 13.9. The van der Waals surface area contributed by atoms with Crippen LogP contribution in [0.5, 0.6) is 0 Å². The molecule has 24 heavy (non-hydrogen) atoms. The van der Waals surface area contributed by atoms with E-state index in [1.54, 1.807) is 7.11 Å². The maximum Gasteiger partial charge on any atom is 0.312 e. The monoisotopic (exact) mass is 338 g/mol. The molecule has 6 heteroatoms. The van der Waals surface area contributed by atoms with Crippen LogP contribution in [-0.2, 0) is 9.57 Å². The average Bonchev–Trinajstić information content (AvgIpc) is 2.58. The van der Waals surface area contributed by atoms with E-state index in [9.17, 15) is 0 Å². The minimum Gasteiger partial charge on any atom is -0.464 e. The Morgan fingerprint density at radius 1 is 1.17 bits per heavy atom. The quantitative estimate of drug-likeness (QED) is 0.270. The molecule has 6 nitrogen and oxygen atoms in total. The molecule has 0 saturated carbocycles. The lowest BCUT2D eigenvalue weighted by atomic mass is 10.1. The first-order valence-electron chi connectivity index (χ1n) is 8.80.